The molecule has 0 aromatic heterocycles. The van der Waals surface area contributed by atoms with Crippen LogP contribution in [0.15, 0.2) is 0 Å². The highest BCUT2D eigenvalue weighted by Crippen LogP contribution is 2.24. The Morgan fingerprint density at radius 3 is 1.82 bits per heavy atom. The predicted molar refractivity (Wildman–Crippen MR) is 60.6 cm³/mol. The first-order valence-corrected chi connectivity index (χ1v) is 7.48. The second kappa shape index (κ2) is 6.12. The molecule has 0 aromatic carbocycles. The number of rotatable bonds is 5. The third-order valence-electron chi connectivity index (χ3n) is 2.41. The molecule has 0 N–H and O–H groups in total. The quantitative estimate of drug-likeness (QED) is 0.499. The molecule has 0 spiro atoms. The lowest BCUT2D eigenvalue weighted by Crippen LogP contribution is -2.20. The van der Waals surface area contributed by atoms with Gasteiger partial charge in [0.1, 0.15) is 0 Å². The number of thiol groups is 1. The highest BCUT2D eigenvalue weighted by atomic mass is 32.1. The largest absolute Gasteiger partial charge is 0.179 e. The first-order valence-electron chi connectivity index (χ1n) is 4.70. The van der Waals surface area contributed by atoms with E-state index in [9.17, 15) is 0 Å². The van der Waals surface area contributed by atoms with Gasteiger partial charge in [0.2, 0.25) is 0 Å². The molecular formula is C9H22SSi. The van der Waals surface area contributed by atoms with E-state index in [1.165, 1.54) is 12.5 Å². The first kappa shape index (κ1) is 11.6. The Kier molecular flexibility index (Phi) is 6.44. The lowest BCUT2D eigenvalue weighted by atomic mass is 10.5. The highest BCUT2D eigenvalue weighted by Gasteiger charge is 2.17. The van der Waals surface area contributed by atoms with Crippen LogP contribution in [-0.2, 0) is 0 Å². The van der Waals surface area contributed by atoms with Crippen molar-refractivity contribution < 1.29 is 0 Å². The summed E-state index contributed by atoms with van der Waals surface area (Å²) in [5.74, 6) is 1.07. The monoisotopic (exact) mass is 190 g/mol. The second-order valence-corrected chi connectivity index (χ2v) is 9.04. The van der Waals surface area contributed by atoms with Crippen molar-refractivity contribution in [2.45, 2.75) is 51.2 Å². The Morgan fingerprint density at radius 2 is 1.55 bits per heavy atom. The molecule has 0 saturated heterocycles. The van der Waals surface area contributed by atoms with Crippen molar-refractivity contribution in [1.29, 1.82) is 0 Å². The molecule has 11 heavy (non-hydrogen) atoms. The number of hydrogen-bond donors (Lipinski definition) is 1. The van der Waals surface area contributed by atoms with Crippen LogP contribution in [-0.4, -0.2) is 14.5 Å². The van der Waals surface area contributed by atoms with E-state index in [0.29, 0.717) is 0 Å². The fourth-order valence-electron chi connectivity index (χ4n) is 1.76. The Labute approximate surface area is 78.8 Å². The van der Waals surface area contributed by atoms with Crippen molar-refractivity contribution in [3.05, 3.63) is 0 Å². The summed E-state index contributed by atoms with van der Waals surface area (Å²) in [7, 11) is -0.447. The van der Waals surface area contributed by atoms with Crippen molar-refractivity contribution in [2.24, 2.45) is 0 Å². The zero-order chi connectivity index (χ0) is 8.85. The van der Waals surface area contributed by atoms with Gasteiger partial charge in [-0.05, 0) is 12.2 Å². The molecule has 0 fully saturated rings. The Morgan fingerprint density at radius 1 is 1.09 bits per heavy atom. The van der Waals surface area contributed by atoms with Crippen LogP contribution in [0.25, 0.3) is 0 Å². The van der Waals surface area contributed by atoms with Crippen molar-refractivity contribution in [2.75, 3.05) is 5.75 Å². The van der Waals surface area contributed by atoms with Crippen LogP contribution in [0.2, 0.25) is 17.1 Å². The van der Waals surface area contributed by atoms with Crippen LogP contribution in [0.3, 0.4) is 0 Å². The molecule has 0 radical (unpaired) electrons. The van der Waals surface area contributed by atoms with E-state index in [2.05, 4.69) is 40.3 Å². The molecule has 0 nitrogen and oxygen atoms in total. The van der Waals surface area contributed by atoms with Gasteiger partial charge in [0.05, 0.1) is 0 Å². The average Bonchev–Trinajstić information content (AvgIpc) is 1.87. The summed E-state index contributed by atoms with van der Waals surface area (Å²) in [4.78, 5) is 0. The van der Waals surface area contributed by atoms with Gasteiger partial charge in [0.25, 0.3) is 0 Å². The Bertz CT molecular complexity index is 83.6. The van der Waals surface area contributed by atoms with Crippen LogP contribution in [0.4, 0.5) is 0 Å². The third kappa shape index (κ3) is 4.91. The molecule has 0 unspecified atom stereocenters. The van der Waals surface area contributed by atoms with Crippen molar-refractivity contribution >= 4 is 21.4 Å². The Balaban J connectivity index is 3.70. The van der Waals surface area contributed by atoms with Gasteiger partial charge in [-0.2, -0.15) is 12.6 Å². The molecule has 0 saturated carbocycles. The predicted octanol–water partition coefficient (Wildman–Crippen LogP) is 3.35. The molecule has 0 aliphatic rings. The molecule has 0 amide bonds. The van der Waals surface area contributed by atoms with Crippen LogP contribution in [0, 0.1) is 0 Å². The fourth-order valence-corrected chi connectivity index (χ4v) is 5.84. The zero-order valence-electron chi connectivity index (χ0n) is 8.30. The molecule has 0 aromatic rings. The van der Waals surface area contributed by atoms with Crippen LogP contribution < -0.4 is 0 Å². The molecular weight excluding hydrogens is 168 g/mol. The van der Waals surface area contributed by atoms with Gasteiger partial charge < -0.3 is 0 Å². The summed E-state index contributed by atoms with van der Waals surface area (Å²) >= 11 is 4.25. The molecule has 2 heteroatoms. The van der Waals surface area contributed by atoms with Gasteiger partial charge in [0, 0.05) is 8.80 Å². The molecule has 68 valence electrons. The van der Waals surface area contributed by atoms with Gasteiger partial charge in [-0.15, -0.1) is 0 Å². The van der Waals surface area contributed by atoms with E-state index >= 15 is 0 Å². The lowest BCUT2D eigenvalue weighted by molar-refractivity contribution is 0.898. The van der Waals surface area contributed by atoms with Gasteiger partial charge in [-0.1, -0.05) is 44.8 Å². The summed E-state index contributed by atoms with van der Waals surface area (Å²) in [5, 5.41) is 0. The highest BCUT2D eigenvalue weighted by molar-refractivity contribution is 7.80. The van der Waals surface area contributed by atoms with Crippen LogP contribution >= 0.6 is 12.6 Å². The van der Waals surface area contributed by atoms with Gasteiger partial charge in [-0.25, -0.2) is 0 Å². The van der Waals surface area contributed by atoms with E-state index in [4.69, 9.17) is 0 Å². The third-order valence-corrected chi connectivity index (χ3v) is 7.22. The minimum absolute atomic E-state index is 0.447. The summed E-state index contributed by atoms with van der Waals surface area (Å²) in [5.41, 5.74) is 1.93. The summed E-state index contributed by atoms with van der Waals surface area (Å²) in [6, 6.07) is 1.48. The van der Waals surface area contributed by atoms with E-state index in [1.54, 1.807) is 0 Å². The molecule has 0 heterocycles. The topological polar surface area (TPSA) is 0 Å². The van der Waals surface area contributed by atoms with E-state index in [1.807, 2.05) is 0 Å². The van der Waals surface area contributed by atoms with E-state index < -0.39 is 8.80 Å². The summed E-state index contributed by atoms with van der Waals surface area (Å²) < 4.78 is 0. The second-order valence-electron chi connectivity index (χ2n) is 4.02. The standard InChI is InChI=1S/C9H22SSi/c1-8(2)11(9(3)4)7-5-6-10/h8-11H,5-7H2,1-4H3. The molecule has 0 rings (SSSR count). The average molecular weight is 190 g/mol. The summed E-state index contributed by atoms with van der Waals surface area (Å²) in [6.07, 6.45) is 1.33. The first-order chi connectivity index (χ1) is 5.09. The minimum atomic E-state index is -0.447. The molecule has 0 bridgehead atoms. The van der Waals surface area contributed by atoms with E-state index in [-0.39, 0.29) is 0 Å². The van der Waals surface area contributed by atoms with Crippen LogP contribution in [0.1, 0.15) is 34.1 Å². The summed E-state index contributed by atoms with van der Waals surface area (Å²) in [6.45, 7) is 9.54. The molecule has 0 aliphatic carbocycles. The SMILES string of the molecule is CC(C)[SiH](CCCS)C(C)C. The maximum absolute atomic E-state index is 4.25. The maximum Gasteiger partial charge on any atom is 0.0419 e. The zero-order valence-corrected chi connectivity index (χ0v) is 10.3. The van der Waals surface area contributed by atoms with Crippen molar-refractivity contribution in [3.8, 4) is 0 Å². The number of hydrogen-bond acceptors (Lipinski definition) is 1. The van der Waals surface area contributed by atoms with Crippen molar-refractivity contribution in [3.63, 3.8) is 0 Å². The lowest BCUT2D eigenvalue weighted by Gasteiger charge is -2.22. The Hall–Kier alpha value is 0.567. The van der Waals surface area contributed by atoms with Crippen molar-refractivity contribution in [1.82, 2.24) is 0 Å². The normalized spacial score (nSPS) is 12.0. The smallest absolute Gasteiger partial charge is 0.0419 e. The van der Waals surface area contributed by atoms with Gasteiger partial charge >= 0.3 is 0 Å². The maximum atomic E-state index is 4.25. The fraction of sp³-hybridized carbons (Fsp3) is 1.00. The molecule has 0 atom stereocenters. The minimum Gasteiger partial charge on any atom is -0.179 e. The van der Waals surface area contributed by atoms with Crippen LogP contribution in [0.5, 0.6) is 0 Å². The van der Waals surface area contributed by atoms with Gasteiger partial charge in [-0.3, -0.25) is 0 Å². The molecule has 0 aliphatic heterocycles. The van der Waals surface area contributed by atoms with Gasteiger partial charge in [0.15, 0.2) is 0 Å². The van der Waals surface area contributed by atoms with E-state index in [0.717, 1.165) is 16.8 Å².